The highest BCUT2D eigenvalue weighted by Gasteiger charge is 2.36. The van der Waals surface area contributed by atoms with E-state index in [0.29, 0.717) is 11.8 Å². The largest absolute Gasteiger partial charge is 0.459 e. The van der Waals surface area contributed by atoms with Gasteiger partial charge in [-0.1, -0.05) is 6.42 Å². The van der Waals surface area contributed by atoms with Gasteiger partial charge in [-0.05, 0) is 38.4 Å². The molecule has 0 aliphatic carbocycles. The molecule has 1 amide bonds. The first-order valence-electron chi connectivity index (χ1n) is 6.84. The Bertz CT molecular complexity index is 415. The molecule has 2 saturated heterocycles. The Balaban J connectivity index is 1.74. The van der Waals surface area contributed by atoms with Gasteiger partial charge in [-0.3, -0.25) is 9.69 Å². The lowest BCUT2D eigenvalue weighted by molar-refractivity contribution is 0.0133. The van der Waals surface area contributed by atoms with Crippen LogP contribution in [0.2, 0.25) is 0 Å². The molecule has 3 heterocycles. The highest BCUT2D eigenvalue weighted by molar-refractivity contribution is 5.91. The number of hydrogen-bond acceptors (Lipinski definition) is 3. The SMILES string of the molecule is CC1CN2CCCCC2CN1C(=O)c1ccco1. The molecular formula is C14H20N2O2. The van der Waals surface area contributed by atoms with E-state index in [1.165, 1.54) is 25.8 Å². The van der Waals surface area contributed by atoms with Crippen LogP contribution in [0.15, 0.2) is 22.8 Å². The number of amides is 1. The molecular weight excluding hydrogens is 228 g/mol. The molecule has 0 N–H and O–H groups in total. The molecule has 2 aliphatic heterocycles. The number of furan rings is 1. The number of carbonyl (C=O) groups excluding carboxylic acids is 1. The predicted molar refractivity (Wildman–Crippen MR) is 68.4 cm³/mol. The van der Waals surface area contributed by atoms with E-state index in [1.54, 1.807) is 18.4 Å². The van der Waals surface area contributed by atoms with Gasteiger partial charge in [-0.15, -0.1) is 0 Å². The molecule has 4 nitrogen and oxygen atoms in total. The lowest BCUT2D eigenvalue weighted by Crippen LogP contribution is -2.60. The molecule has 0 radical (unpaired) electrons. The van der Waals surface area contributed by atoms with Gasteiger partial charge in [0.05, 0.1) is 6.26 Å². The summed E-state index contributed by atoms with van der Waals surface area (Å²) in [6, 6.07) is 4.35. The molecule has 0 saturated carbocycles. The van der Waals surface area contributed by atoms with E-state index in [1.807, 2.05) is 4.90 Å². The fraction of sp³-hybridized carbons (Fsp3) is 0.643. The standard InChI is InChI=1S/C14H20N2O2/c1-11-9-15-7-3-2-5-12(15)10-16(11)14(17)13-6-4-8-18-13/h4,6,8,11-12H,2-3,5,7,9-10H2,1H3. The Kier molecular flexibility index (Phi) is 3.12. The normalized spacial score (nSPS) is 29.1. The quantitative estimate of drug-likeness (QED) is 0.762. The number of fused-ring (bicyclic) bond motifs is 1. The summed E-state index contributed by atoms with van der Waals surface area (Å²) in [5.41, 5.74) is 0. The summed E-state index contributed by atoms with van der Waals surface area (Å²) in [5, 5.41) is 0. The van der Waals surface area contributed by atoms with E-state index < -0.39 is 0 Å². The average Bonchev–Trinajstić information content (AvgIpc) is 2.91. The fourth-order valence-electron chi connectivity index (χ4n) is 3.18. The maximum Gasteiger partial charge on any atom is 0.289 e. The number of piperazine rings is 1. The van der Waals surface area contributed by atoms with Crippen LogP contribution in [-0.4, -0.2) is 47.4 Å². The van der Waals surface area contributed by atoms with Crippen LogP contribution in [-0.2, 0) is 0 Å². The van der Waals surface area contributed by atoms with Gasteiger partial charge in [-0.2, -0.15) is 0 Å². The molecule has 18 heavy (non-hydrogen) atoms. The third-order valence-electron chi connectivity index (χ3n) is 4.18. The molecule has 4 heteroatoms. The van der Waals surface area contributed by atoms with E-state index in [9.17, 15) is 4.79 Å². The molecule has 2 unspecified atom stereocenters. The molecule has 0 aromatic carbocycles. The van der Waals surface area contributed by atoms with Gasteiger partial charge >= 0.3 is 0 Å². The first-order chi connectivity index (χ1) is 8.75. The van der Waals surface area contributed by atoms with Crippen LogP contribution in [0.4, 0.5) is 0 Å². The van der Waals surface area contributed by atoms with Crippen molar-refractivity contribution in [3.63, 3.8) is 0 Å². The first-order valence-corrected chi connectivity index (χ1v) is 6.84. The van der Waals surface area contributed by atoms with Gasteiger partial charge in [-0.25, -0.2) is 0 Å². The lowest BCUT2D eigenvalue weighted by atomic mass is 9.97. The van der Waals surface area contributed by atoms with Crippen molar-refractivity contribution in [3.8, 4) is 0 Å². The Morgan fingerprint density at radius 1 is 1.39 bits per heavy atom. The van der Waals surface area contributed by atoms with Gasteiger partial charge in [0.2, 0.25) is 0 Å². The van der Waals surface area contributed by atoms with Gasteiger partial charge in [0.1, 0.15) is 0 Å². The van der Waals surface area contributed by atoms with Crippen LogP contribution >= 0.6 is 0 Å². The minimum atomic E-state index is 0.0396. The summed E-state index contributed by atoms with van der Waals surface area (Å²) in [5.74, 6) is 0.504. The van der Waals surface area contributed by atoms with Crippen molar-refractivity contribution in [2.45, 2.75) is 38.3 Å². The zero-order chi connectivity index (χ0) is 12.5. The number of carbonyl (C=O) groups is 1. The minimum absolute atomic E-state index is 0.0396. The maximum absolute atomic E-state index is 12.4. The van der Waals surface area contributed by atoms with E-state index in [2.05, 4.69) is 11.8 Å². The molecule has 1 aromatic rings. The van der Waals surface area contributed by atoms with Crippen molar-refractivity contribution in [3.05, 3.63) is 24.2 Å². The summed E-state index contributed by atoms with van der Waals surface area (Å²) < 4.78 is 5.23. The van der Waals surface area contributed by atoms with Crippen molar-refractivity contribution >= 4 is 5.91 Å². The molecule has 2 fully saturated rings. The van der Waals surface area contributed by atoms with Crippen LogP contribution in [0.3, 0.4) is 0 Å². The zero-order valence-electron chi connectivity index (χ0n) is 10.8. The Morgan fingerprint density at radius 3 is 3.06 bits per heavy atom. The van der Waals surface area contributed by atoms with E-state index in [4.69, 9.17) is 4.42 Å². The topological polar surface area (TPSA) is 36.7 Å². The third-order valence-corrected chi connectivity index (χ3v) is 4.18. The summed E-state index contributed by atoms with van der Waals surface area (Å²) in [6.45, 7) is 5.17. The van der Waals surface area contributed by atoms with Crippen LogP contribution in [0, 0.1) is 0 Å². The Labute approximate surface area is 108 Å². The summed E-state index contributed by atoms with van der Waals surface area (Å²) in [4.78, 5) is 16.9. The third kappa shape index (κ3) is 2.05. The van der Waals surface area contributed by atoms with Gasteiger partial charge < -0.3 is 9.32 Å². The average molecular weight is 248 g/mol. The van der Waals surface area contributed by atoms with Crippen molar-refractivity contribution < 1.29 is 9.21 Å². The summed E-state index contributed by atoms with van der Waals surface area (Å²) in [7, 11) is 0. The van der Waals surface area contributed by atoms with Crippen LogP contribution in [0.1, 0.15) is 36.7 Å². The molecule has 1 aromatic heterocycles. The van der Waals surface area contributed by atoms with Crippen LogP contribution < -0.4 is 0 Å². The zero-order valence-corrected chi connectivity index (χ0v) is 10.8. The van der Waals surface area contributed by atoms with Crippen molar-refractivity contribution in [1.82, 2.24) is 9.80 Å². The summed E-state index contributed by atoms with van der Waals surface area (Å²) in [6.07, 6.45) is 5.37. The molecule has 2 aliphatic rings. The van der Waals surface area contributed by atoms with Crippen molar-refractivity contribution in [2.75, 3.05) is 19.6 Å². The smallest absolute Gasteiger partial charge is 0.289 e. The van der Waals surface area contributed by atoms with Crippen LogP contribution in [0.5, 0.6) is 0 Å². The van der Waals surface area contributed by atoms with E-state index >= 15 is 0 Å². The monoisotopic (exact) mass is 248 g/mol. The fourth-order valence-corrected chi connectivity index (χ4v) is 3.18. The molecule has 0 bridgehead atoms. The maximum atomic E-state index is 12.4. The van der Waals surface area contributed by atoms with Gasteiger partial charge in [0.15, 0.2) is 5.76 Å². The molecule has 0 spiro atoms. The van der Waals surface area contributed by atoms with Crippen LogP contribution in [0.25, 0.3) is 0 Å². The second-order valence-electron chi connectivity index (χ2n) is 5.43. The number of nitrogens with zero attached hydrogens (tertiary/aromatic N) is 2. The summed E-state index contributed by atoms with van der Waals surface area (Å²) >= 11 is 0. The Morgan fingerprint density at radius 2 is 2.28 bits per heavy atom. The van der Waals surface area contributed by atoms with Crippen molar-refractivity contribution in [1.29, 1.82) is 0 Å². The Hall–Kier alpha value is -1.29. The van der Waals surface area contributed by atoms with Crippen molar-refractivity contribution in [2.24, 2.45) is 0 Å². The minimum Gasteiger partial charge on any atom is -0.459 e. The van der Waals surface area contributed by atoms with E-state index in [0.717, 1.165) is 13.1 Å². The molecule has 2 atom stereocenters. The molecule has 3 rings (SSSR count). The molecule has 98 valence electrons. The number of rotatable bonds is 1. The second kappa shape index (κ2) is 4.76. The number of hydrogen-bond donors (Lipinski definition) is 0. The lowest BCUT2D eigenvalue weighted by Gasteiger charge is -2.47. The van der Waals surface area contributed by atoms with Gasteiger partial charge in [0.25, 0.3) is 5.91 Å². The number of piperidine rings is 1. The highest BCUT2D eigenvalue weighted by atomic mass is 16.3. The predicted octanol–water partition coefficient (Wildman–Crippen LogP) is 1.98. The first kappa shape index (κ1) is 11.8. The van der Waals surface area contributed by atoms with E-state index in [-0.39, 0.29) is 11.9 Å². The van der Waals surface area contributed by atoms with Gasteiger partial charge in [0, 0.05) is 25.2 Å². The second-order valence-corrected chi connectivity index (χ2v) is 5.43. The highest BCUT2D eigenvalue weighted by Crippen LogP contribution is 2.25.